The number of hydrazine groups is 1. The highest BCUT2D eigenvalue weighted by atomic mass is 16.5. The zero-order valence-electron chi connectivity index (χ0n) is 12.1. The fourth-order valence-electron chi connectivity index (χ4n) is 3.59. The average Bonchev–Trinajstić information content (AvgIpc) is 2.47. The van der Waals surface area contributed by atoms with Crippen LogP contribution < -0.4 is 16.0 Å². The molecule has 1 aromatic carbocycles. The minimum Gasteiger partial charge on any atom is -0.497 e. The molecule has 3 N–H and O–H groups in total. The molecule has 1 spiro atoms. The van der Waals surface area contributed by atoms with Crippen LogP contribution in [-0.4, -0.2) is 19.3 Å². The van der Waals surface area contributed by atoms with E-state index in [1.165, 1.54) is 24.8 Å². The minimum absolute atomic E-state index is 0.157. The maximum atomic E-state index is 6.01. The Morgan fingerprint density at radius 2 is 2.10 bits per heavy atom. The van der Waals surface area contributed by atoms with E-state index in [-0.39, 0.29) is 11.6 Å². The van der Waals surface area contributed by atoms with Crippen molar-refractivity contribution in [1.29, 1.82) is 0 Å². The van der Waals surface area contributed by atoms with Gasteiger partial charge < -0.3 is 9.47 Å². The standard InChI is InChI=1S/C16H24N2O2/c1-19-14-5-3-12(4-6-14)15(18-17)13-7-10-20-16(11-13)8-2-9-16/h3-6,13,15,18H,2,7-11,17H2,1H3. The third-order valence-corrected chi connectivity index (χ3v) is 4.92. The first-order valence-corrected chi connectivity index (χ1v) is 7.50. The number of methoxy groups -OCH3 is 1. The highest BCUT2D eigenvalue weighted by Gasteiger charge is 2.44. The van der Waals surface area contributed by atoms with E-state index in [1.54, 1.807) is 7.11 Å². The fraction of sp³-hybridized carbons (Fsp3) is 0.625. The fourth-order valence-corrected chi connectivity index (χ4v) is 3.59. The highest BCUT2D eigenvalue weighted by molar-refractivity contribution is 5.29. The molecule has 1 aliphatic carbocycles. The molecule has 4 heteroatoms. The van der Waals surface area contributed by atoms with Crippen LogP contribution in [0.25, 0.3) is 0 Å². The molecule has 1 heterocycles. The van der Waals surface area contributed by atoms with Crippen molar-refractivity contribution in [1.82, 2.24) is 5.43 Å². The lowest BCUT2D eigenvalue weighted by Gasteiger charge is -2.48. The smallest absolute Gasteiger partial charge is 0.118 e. The second kappa shape index (κ2) is 5.72. The van der Waals surface area contributed by atoms with Crippen LogP contribution in [-0.2, 0) is 4.74 Å². The monoisotopic (exact) mass is 276 g/mol. The van der Waals surface area contributed by atoms with Crippen molar-refractivity contribution in [3.05, 3.63) is 29.8 Å². The molecule has 0 radical (unpaired) electrons. The maximum absolute atomic E-state index is 6.01. The molecule has 2 unspecified atom stereocenters. The SMILES string of the molecule is COc1ccc(C(NN)C2CCOC3(CCC3)C2)cc1. The third-order valence-electron chi connectivity index (χ3n) is 4.92. The molecule has 110 valence electrons. The van der Waals surface area contributed by atoms with Gasteiger partial charge in [0.25, 0.3) is 0 Å². The molecule has 0 aromatic heterocycles. The summed E-state index contributed by atoms with van der Waals surface area (Å²) in [6.07, 6.45) is 5.92. The van der Waals surface area contributed by atoms with Crippen LogP contribution in [0.5, 0.6) is 5.75 Å². The molecule has 2 atom stereocenters. The van der Waals surface area contributed by atoms with Crippen molar-refractivity contribution >= 4 is 0 Å². The van der Waals surface area contributed by atoms with Gasteiger partial charge in [-0.05, 0) is 55.7 Å². The predicted molar refractivity (Wildman–Crippen MR) is 78.3 cm³/mol. The van der Waals surface area contributed by atoms with Crippen molar-refractivity contribution < 1.29 is 9.47 Å². The molecular weight excluding hydrogens is 252 g/mol. The summed E-state index contributed by atoms with van der Waals surface area (Å²) in [4.78, 5) is 0. The van der Waals surface area contributed by atoms with Crippen molar-refractivity contribution in [2.24, 2.45) is 11.8 Å². The van der Waals surface area contributed by atoms with Gasteiger partial charge >= 0.3 is 0 Å². The van der Waals surface area contributed by atoms with Crippen molar-refractivity contribution in [2.75, 3.05) is 13.7 Å². The van der Waals surface area contributed by atoms with Gasteiger partial charge in [-0.25, -0.2) is 0 Å². The lowest BCUT2D eigenvalue weighted by Crippen LogP contribution is -2.48. The first-order valence-electron chi connectivity index (χ1n) is 7.50. The van der Waals surface area contributed by atoms with Crippen molar-refractivity contribution in [3.63, 3.8) is 0 Å². The number of hydrogen-bond donors (Lipinski definition) is 2. The molecular formula is C16H24N2O2. The Bertz CT molecular complexity index is 442. The van der Waals surface area contributed by atoms with Crippen LogP contribution in [0.1, 0.15) is 43.7 Å². The van der Waals surface area contributed by atoms with Gasteiger partial charge in [0, 0.05) is 12.6 Å². The Morgan fingerprint density at radius 3 is 2.65 bits per heavy atom. The Morgan fingerprint density at radius 1 is 1.35 bits per heavy atom. The normalized spacial score (nSPS) is 26.0. The molecule has 1 aromatic rings. The molecule has 1 saturated carbocycles. The zero-order chi connectivity index (χ0) is 14.0. The van der Waals surface area contributed by atoms with Gasteiger partial charge in [-0.1, -0.05) is 12.1 Å². The Labute approximate surface area is 120 Å². The Balaban J connectivity index is 1.74. The summed E-state index contributed by atoms with van der Waals surface area (Å²) in [6, 6.07) is 8.40. The number of nitrogens with two attached hydrogens (primary N) is 1. The number of hydrogen-bond acceptors (Lipinski definition) is 4. The molecule has 2 aliphatic rings. The van der Waals surface area contributed by atoms with E-state index in [1.807, 2.05) is 12.1 Å². The summed E-state index contributed by atoms with van der Waals surface area (Å²) in [5.74, 6) is 7.26. The summed E-state index contributed by atoms with van der Waals surface area (Å²) in [5, 5.41) is 0. The van der Waals surface area contributed by atoms with Crippen LogP contribution in [0.15, 0.2) is 24.3 Å². The molecule has 20 heavy (non-hydrogen) atoms. The largest absolute Gasteiger partial charge is 0.497 e. The van der Waals surface area contributed by atoms with E-state index in [0.29, 0.717) is 5.92 Å². The number of benzene rings is 1. The lowest BCUT2D eigenvalue weighted by molar-refractivity contribution is -0.147. The molecule has 1 aliphatic heterocycles. The van der Waals surface area contributed by atoms with Crippen molar-refractivity contribution in [3.8, 4) is 5.75 Å². The lowest BCUT2D eigenvalue weighted by atomic mass is 9.70. The third kappa shape index (κ3) is 2.55. The molecule has 1 saturated heterocycles. The summed E-state index contributed by atoms with van der Waals surface area (Å²) < 4.78 is 11.2. The van der Waals surface area contributed by atoms with Gasteiger partial charge in [-0.2, -0.15) is 0 Å². The zero-order valence-corrected chi connectivity index (χ0v) is 12.1. The quantitative estimate of drug-likeness (QED) is 0.655. The molecule has 3 rings (SSSR count). The number of nitrogens with one attached hydrogen (secondary N) is 1. The van der Waals surface area contributed by atoms with Gasteiger partial charge in [-0.15, -0.1) is 0 Å². The van der Waals surface area contributed by atoms with E-state index in [0.717, 1.165) is 25.2 Å². The second-order valence-electron chi connectivity index (χ2n) is 6.06. The highest BCUT2D eigenvalue weighted by Crippen LogP contribution is 2.47. The number of rotatable bonds is 4. The average molecular weight is 276 g/mol. The van der Waals surface area contributed by atoms with E-state index >= 15 is 0 Å². The van der Waals surface area contributed by atoms with E-state index in [4.69, 9.17) is 15.3 Å². The minimum atomic E-state index is 0.157. The van der Waals surface area contributed by atoms with E-state index in [2.05, 4.69) is 17.6 Å². The van der Waals surface area contributed by atoms with Gasteiger partial charge in [0.2, 0.25) is 0 Å². The van der Waals surface area contributed by atoms with Gasteiger partial charge in [0.1, 0.15) is 5.75 Å². The van der Waals surface area contributed by atoms with Crippen LogP contribution in [0.3, 0.4) is 0 Å². The molecule has 4 nitrogen and oxygen atoms in total. The maximum Gasteiger partial charge on any atom is 0.118 e. The number of ether oxygens (including phenoxy) is 2. The van der Waals surface area contributed by atoms with Crippen LogP contribution in [0.4, 0.5) is 0 Å². The summed E-state index contributed by atoms with van der Waals surface area (Å²) in [7, 11) is 1.69. The molecule has 0 amide bonds. The summed E-state index contributed by atoms with van der Waals surface area (Å²) in [6.45, 7) is 0.860. The van der Waals surface area contributed by atoms with Crippen LogP contribution in [0, 0.1) is 5.92 Å². The molecule has 2 fully saturated rings. The predicted octanol–water partition coefficient (Wildman–Crippen LogP) is 2.55. The van der Waals surface area contributed by atoms with Crippen molar-refractivity contribution in [2.45, 2.75) is 43.7 Å². The summed E-state index contributed by atoms with van der Waals surface area (Å²) in [5.41, 5.74) is 4.40. The second-order valence-corrected chi connectivity index (χ2v) is 6.06. The van der Waals surface area contributed by atoms with Crippen LogP contribution in [0.2, 0.25) is 0 Å². The Hall–Kier alpha value is -1.10. The van der Waals surface area contributed by atoms with Gasteiger partial charge in [0.15, 0.2) is 0 Å². The molecule has 0 bridgehead atoms. The first kappa shape index (κ1) is 13.9. The Kier molecular flexibility index (Phi) is 3.96. The van der Waals surface area contributed by atoms with E-state index < -0.39 is 0 Å². The van der Waals surface area contributed by atoms with Gasteiger partial charge in [0.05, 0.1) is 12.7 Å². The summed E-state index contributed by atoms with van der Waals surface area (Å²) >= 11 is 0. The topological polar surface area (TPSA) is 56.5 Å². The van der Waals surface area contributed by atoms with Gasteiger partial charge in [-0.3, -0.25) is 11.3 Å². The first-order chi connectivity index (χ1) is 9.76. The van der Waals surface area contributed by atoms with E-state index in [9.17, 15) is 0 Å². The van der Waals surface area contributed by atoms with Crippen LogP contribution >= 0.6 is 0 Å².